The SMILES string of the molecule is CNC(=O)c1noc(CNC(=O)C(C)Oc2ccc3c(c2)OCO3)n1. The fourth-order valence-corrected chi connectivity index (χ4v) is 2.04. The summed E-state index contributed by atoms with van der Waals surface area (Å²) in [7, 11) is 1.45. The van der Waals surface area contributed by atoms with E-state index in [-0.39, 0.29) is 31.0 Å². The fraction of sp³-hybridized carbons (Fsp3) is 0.333. The molecule has 10 nitrogen and oxygen atoms in total. The first kappa shape index (κ1) is 16.6. The predicted molar refractivity (Wildman–Crippen MR) is 82.2 cm³/mol. The molecular formula is C15H16N4O6. The number of nitrogens with zero attached hydrogens (tertiary/aromatic N) is 2. The second-order valence-corrected chi connectivity index (χ2v) is 5.08. The number of hydrogen-bond acceptors (Lipinski definition) is 8. The Morgan fingerprint density at radius 3 is 2.92 bits per heavy atom. The third kappa shape index (κ3) is 3.79. The van der Waals surface area contributed by atoms with Crippen LogP contribution in [0.4, 0.5) is 0 Å². The van der Waals surface area contributed by atoms with Gasteiger partial charge in [0.05, 0.1) is 6.54 Å². The zero-order valence-corrected chi connectivity index (χ0v) is 13.6. The van der Waals surface area contributed by atoms with Gasteiger partial charge >= 0.3 is 0 Å². The van der Waals surface area contributed by atoms with Crippen LogP contribution in [-0.2, 0) is 11.3 Å². The van der Waals surface area contributed by atoms with Gasteiger partial charge in [-0.25, -0.2) is 0 Å². The second kappa shape index (κ2) is 7.07. The fourth-order valence-electron chi connectivity index (χ4n) is 2.04. The van der Waals surface area contributed by atoms with E-state index in [9.17, 15) is 9.59 Å². The highest BCUT2D eigenvalue weighted by atomic mass is 16.7. The summed E-state index contributed by atoms with van der Waals surface area (Å²) in [5.74, 6) is 0.842. The van der Waals surface area contributed by atoms with Gasteiger partial charge in [-0.3, -0.25) is 9.59 Å². The van der Waals surface area contributed by atoms with Crippen molar-refractivity contribution in [2.24, 2.45) is 0 Å². The monoisotopic (exact) mass is 348 g/mol. The van der Waals surface area contributed by atoms with Gasteiger partial charge in [0, 0.05) is 13.1 Å². The Hall–Kier alpha value is -3.30. The summed E-state index contributed by atoms with van der Waals surface area (Å²) in [6.07, 6.45) is -0.762. The Kier molecular flexibility index (Phi) is 4.68. The van der Waals surface area contributed by atoms with Crippen LogP contribution in [0.5, 0.6) is 17.2 Å². The quantitative estimate of drug-likeness (QED) is 0.761. The van der Waals surface area contributed by atoms with Crippen molar-refractivity contribution in [2.75, 3.05) is 13.8 Å². The van der Waals surface area contributed by atoms with E-state index in [0.717, 1.165) is 0 Å². The molecule has 1 aliphatic rings. The molecule has 1 aromatic carbocycles. The van der Waals surface area contributed by atoms with E-state index in [2.05, 4.69) is 20.8 Å². The molecule has 0 aliphatic carbocycles. The summed E-state index contributed by atoms with van der Waals surface area (Å²) in [6, 6.07) is 5.05. The summed E-state index contributed by atoms with van der Waals surface area (Å²) >= 11 is 0. The molecule has 0 saturated heterocycles. The molecule has 25 heavy (non-hydrogen) atoms. The molecule has 3 rings (SSSR count). The number of nitrogens with one attached hydrogen (secondary N) is 2. The minimum Gasteiger partial charge on any atom is -0.481 e. The van der Waals surface area contributed by atoms with Gasteiger partial charge < -0.3 is 29.4 Å². The average Bonchev–Trinajstić information content (AvgIpc) is 3.27. The third-order valence-corrected chi connectivity index (χ3v) is 3.34. The Labute approximate surface area is 142 Å². The van der Waals surface area contributed by atoms with E-state index in [1.807, 2.05) is 0 Å². The van der Waals surface area contributed by atoms with Crippen LogP contribution in [0.3, 0.4) is 0 Å². The Balaban J connectivity index is 1.52. The van der Waals surface area contributed by atoms with E-state index in [1.54, 1.807) is 25.1 Å². The maximum atomic E-state index is 12.1. The molecule has 0 spiro atoms. The minimum atomic E-state index is -0.762. The molecule has 132 valence electrons. The molecule has 1 aromatic heterocycles. The Morgan fingerprint density at radius 2 is 2.12 bits per heavy atom. The highest BCUT2D eigenvalue weighted by Gasteiger charge is 2.19. The topological polar surface area (TPSA) is 125 Å². The molecule has 1 unspecified atom stereocenters. The van der Waals surface area contributed by atoms with Crippen molar-refractivity contribution >= 4 is 11.8 Å². The van der Waals surface area contributed by atoms with Crippen molar-refractivity contribution in [2.45, 2.75) is 19.6 Å². The summed E-state index contributed by atoms with van der Waals surface area (Å²) in [6.45, 7) is 1.75. The minimum absolute atomic E-state index is 0.0162. The zero-order valence-electron chi connectivity index (χ0n) is 13.6. The molecule has 2 amide bonds. The van der Waals surface area contributed by atoms with Crippen LogP contribution in [0.15, 0.2) is 22.7 Å². The van der Waals surface area contributed by atoms with Gasteiger partial charge in [0.2, 0.25) is 12.7 Å². The molecule has 1 atom stereocenters. The number of amides is 2. The summed E-state index contributed by atoms with van der Waals surface area (Å²) in [4.78, 5) is 27.3. The van der Waals surface area contributed by atoms with Gasteiger partial charge in [0.25, 0.3) is 17.6 Å². The Morgan fingerprint density at radius 1 is 1.32 bits per heavy atom. The van der Waals surface area contributed by atoms with Crippen molar-refractivity contribution in [1.29, 1.82) is 0 Å². The van der Waals surface area contributed by atoms with Crippen molar-refractivity contribution in [3.63, 3.8) is 0 Å². The Bertz CT molecular complexity index is 790. The molecule has 1 aliphatic heterocycles. The molecule has 2 heterocycles. The van der Waals surface area contributed by atoms with Crippen LogP contribution in [0.2, 0.25) is 0 Å². The molecule has 0 saturated carbocycles. The number of carbonyl (C=O) groups excluding carboxylic acids is 2. The number of aromatic nitrogens is 2. The van der Waals surface area contributed by atoms with Crippen molar-refractivity contribution in [3.05, 3.63) is 29.9 Å². The molecule has 10 heteroatoms. The van der Waals surface area contributed by atoms with Gasteiger partial charge in [-0.1, -0.05) is 5.16 Å². The van der Waals surface area contributed by atoms with Gasteiger partial charge in [-0.2, -0.15) is 4.98 Å². The molecule has 2 aromatic rings. The van der Waals surface area contributed by atoms with Crippen LogP contribution in [0.1, 0.15) is 23.4 Å². The van der Waals surface area contributed by atoms with Crippen LogP contribution in [-0.4, -0.2) is 41.9 Å². The van der Waals surface area contributed by atoms with Crippen LogP contribution < -0.4 is 24.8 Å². The van der Waals surface area contributed by atoms with Crippen molar-refractivity contribution in [1.82, 2.24) is 20.8 Å². The first-order valence-corrected chi connectivity index (χ1v) is 7.45. The molecule has 0 fully saturated rings. The molecule has 0 radical (unpaired) electrons. The third-order valence-electron chi connectivity index (χ3n) is 3.34. The van der Waals surface area contributed by atoms with E-state index in [1.165, 1.54) is 7.05 Å². The lowest BCUT2D eigenvalue weighted by Crippen LogP contribution is -2.36. The van der Waals surface area contributed by atoms with Crippen LogP contribution in [0, 0.1) is 0 Å². The largest absolute Gasteiger partial charge is 0.481 e. The standard InChI is InChI=1S/C15H16N4O6/c1-8(24-9-3-4-10-11(5-9)23-7-22-10)14(20)17-6-12-18-13(19-25-12)15(21)16-2/h3-5,8H,6-7H2,1-2H3,(H,16,21)(H,17,20). The van der Waals surface area contributed by atoms with Crippen LogP contribution >= 0.6 is 0 Å². The smallest absolute Gasteiger partial charge is 0.292 e. The number of rotatable bonds is 6. The summed E-state index contributed by atoms with van der Waals surface area (Å²) in [5, 5.41) is 8.47. The zero-order chi connectivity index (χ0) is 17.8. The number of benzene rings is 1. The normalized spacial score (nSPS) is 13.2. The first-order chi connectivity index (χ1) is 12.1. The molecule has 2 N–H and O–H groups in total. The lowest BCUT2D eigenvalue weighted by Gasteiger charge is -2.14. The highest BCUT2D eigenvalue weighted by molar-refractivity contribution is 5.89. The van der Waals surface area contributed by atoms with Gasteiger partial charge in [0.15, 0.2) is 17.6 Å². The number of hydrogen-bond donors (Lipinski definition) is 2. The maximum Gasteiger partial charge on any atom is 0.292 e. The van der Waals surface area contributed by atoms with E-state index in [4.69, 9.17) is 18.7 Å². The lowest BCUT2D eigenvalue weighted by atomic mass is 10.3. The van der Waals surface area contributed by atoms with Crippen LogP contribution in [0.25, 0.3) is 0 Å². The van der Waals surface area contributed by atoms with E-state index >= 15 is 0 Å². The number of carbonyl (C=O) groups is 2. The maximum absolute atomic E-state index is 12.1. The summed E-state index contributed by atoms with van der Waals surface area (Å²) in [5.41, 5.74) is 0. The highest BCUT2D eigenvalue weighted by Crippen LogP contribution is 2.35. The van der Waals surface area contributed by atoms with E-state index in [0.29, 0.717) is 17.2 Å². The van der Waals surface area contributed by atoms with Crippen molar-refractivity contribution in [3.8, 4) is 17.2 Å². The predicted octanol–water partition coefficient (Wildman–Crippen LogP) is 0.242. The average molecular weight is 348 g/mol. The second-order valence-electron chi connectivity index (χ2n) is 5.08. The molecule has 0 bridgehead atoms. The van der Waals surface area contributed by atoms with Gasteiger partial charge in [-0.05, 0) is 19.1 Å². The van der Waals surface area contributed by atoms with Gasteiger partial charge in [0.1, 0.15) is 5.75 Å². The number of ether oxygens (including phenoxy) is 3. The summed E-state index contributed by atoms with van der Waals surface area (Å²) < 4.78 is 20.9. The lowest BCUT2D eigenvalue weighted by molar-refractivity contribution is -0.127. The van der Waals surface area contributed by atoms with Crippen molar-refractivity contribution < 1.29 is 28.3 Å². The number of fused-ring (bicyclic) bond motifs is 1. The van der Waals surface area contributed by atoms with Gasteiger partial charge in [-0.15, -0.1) is 0 Å². The van der Waals surface area contributed by atoms with E-state index < -0.39 is 12.0 Å². The molecular weight excluding hydrogens is 332 g/mol. The first-order valence-electron chi connectivity index (χ1n) is 7.45.